The van der Waals surface area contributed by atoms with Crippen molar-refractivity contribution in [2.45, 2.75) is 17.3 Å². The number of non-ortho nitro benzene ring substituents is 1. The van der Waals surface area contributed by atoms with Gasteiger partial charge in [-0.15, -0.1) is 5.10 Å². The fourth-order valence-corrected chi connectivity index (χ4v) is 3.08. The molecule has 1 unspecified atom stereocenters. The van der Waals surface area contributed by atoms with Gasteiger partial charge in [0.15, 0.2) is 0 Å². The van der Waals surface area contributed by atoms with Gasteiger partial charge in [-0.2, -0.15) is 4.68 Å². The summed E-state index contributed by atoms with van der Waals surface area (Å²) in [7, 11) is 0. The molecule has 11 heteroatoms. The van der Waals surface area contributed by atoms with Crippen LogP contribution in [0.2, 0.25) is 5.02 Å². The van der Waals surface area contributed by atoms with Gasteiger partial charge in [-0.3, -0.25) is 14.9 Å². The van der Waals surface area contributed by atoms with Crippen molar-refractivity contribution in [3.63, 3.8) is 0 Å². The van der Waals surface area contributed by atoms with E-state index in [9.17, 15) is 14.9 Å². The lowest BCUT2D eigenvalue weighted by molar-refractivity contribution is -0.384. The molecule has 0 spiro atoms. The monoisotopic (exact) mass is 404 g/mol. The zero-order chi connectivity index (χ0) is 19.4. The van der Waals surface area contributed by atoms with Crippen LogP contribution in [0.15, 0.2) is 53.7 Å². The van der Waals surface area contributed by atoms with E-state index in [1.54, 1.807) is 37.3 Å². The number of nitrogens with zero attached hydrogens (tertiary/aromatic N) is 5. The fourth-order valence-electron chi connectivity index (χ4n) is 2.15. The maximum absolute atomic E-state index is 12.4. The van der Waals surface area contributed by atoms with Gasteiger partial charge in [-0.25, -0.2) is 0 Å². The van der Waals surface area contributed by atoms with Gasteiger partial charge in [0.25, 0.3) is 5.69 Å². The summed E-state index contributed by atoms with van der Waals surface area (Å²) in [6.45, 7) is 1.69. The Hall–Kier alpha value is -2.98. The van der Waals surface area contributed by atoms with Crippen molar-refractivity contribution in [1.82, 2.24) is 20.2 Å². The fraction of sp³-hybridized carbons (Fsp3) is 0.125. The maximum Gasteiger partial charge on any atom is 0.271 e. The highest BCUT2D eigenvalue weighted by atomic mass is 35.5. The van der Waals surface area contributed by atoms with Crippen molar-refractivity contribution in [3.8, 4) is 5.69 Å². The van der Waals surface area contributed by atoms with Gasteiger partial charge in [0.2, 0.25) is 11.1 Å². The van der Waals surface area contributed by atoms with E-state index in [4.69, 9.17) is 11.6 Å². The van der Waals surface area contributed by atoms with E-state index in [-0.39, 0.29) is 11.6 Å². The minimum absolute atomic E-state index is 0.0974. The molecule has 0 aliphatic rings. The number of tetrazole rings is 1. The summed E-state index contributed by atoms with van der Waals surface area (Å²) in [6, 6.07) is 12.7. The SMILES string of the molecule is CC(Sc1nnnn1-c1ccc(Cl)cc1)C(=O)Nc1cccc([N+](=O)[O-])c1. The first-order chi connectivity index (χ1) is 12.9. The number of nitro benzene ring substituents is 1. The molecule has 1 atom stereocenters. The highest BCUT2D eigenvalue weighted by Gasteiger charge is 2.20. The Morgan fingerprint density at radius 3 is 2.74 bits per heavy atom. The van der Waals surface area contributed by atoms with Crippen LogP contribution < -0.4 is 5.32 Å². The van der Waals surface area contributed by atoms with E-state index in [1.807, 2.05) is 0 Å². The van der Waals surface area contributed by atoms with Crippen LogP contribution in [0.25, 0.3) is 5.69 Å². The van der Waals surface area contributed by atoms with Gasteiger partial charge < -0.3 is 5.32 Å². The second-order valence-corrected chi connectivity index (χ2v) is 7.15. The molecule has 138 valence electrons. The van der Waals surface area contributed by atoms with E-state index >= 15 is 0 Å². The van der Waals surface area contributed by atoms with Crippen molar-refractivity contribution < 1.29 is 9.72 Å². The van der Waals surface area contributed by atoms with Gasteiger partial charge >= 0.3 is 0 Å². The molecule has 3 rings (SSSR count). The first-order valence-corrected chi connectivity index (χ1v) is 8.96. The third kappa shape index (κ3) is 4.60. The lowest BCUT2D eigenvalue weighted by Crippen LogP contribution is -2.23. The molecule has 9 nitrogen and oxygen atoms in total. The van der Waals surface area contributed by atoms with Gasteiger partial charge in [-0.1, -0.05) is 29.4 Å². The Bertz CT molecular complexity index is 978. The van der Waals surface area contributed by atoms with Crippen LogP contribution in [0.3, 0.4) is 0 Å². The van der Waals surface area contributed by atoms with Crippen LogP contribution in [0, 0.1) is 10.1 Å². The highest BCUT2D eigenvalue weighted by molar-refractivity contribution is 8.00. The molecule has 0 saturated carbocycles. The number of hydrogen-bond acceptors (Lipinski definition) is 7. The molecule has 1 heterocycles. The van der Waals surface area contributed by atoms with Gasteiger partial charge in [0.05, 0.1) is 15.9 Å². The van der Waals surface area contributed by atoms with Crippen molar-refractivity contribution in [1.29, 1.82) is 0 Å². The topological polar surface area (TPSA) is 116 Å². The van der Waals surface area contributed by atoms with E-state index in [1.165, 1.54) is 22.9 Å². The van der Waals surface area contributed by atoms with Crippen molar-refractivity contribution >= 4 is 40.6 Å². The number of anilines is 1. The van der Waals surface area contributed by atoms with Gasteiger partial charge in [0, 0.05) is 22.8 Å². The van der Waals surface area contributed by atoms with E-state index in [0.29, 0.717) is 21.6 Å². The zero-order valence-corrected chi connectivity index (χ0v) is 15.5. The molecule has 1 N–H and O–H groups in total. The van der Waals surface area contributed by atoms with Crippen molar-refractivity contribution in [2.75, 3.05) is 5.32 Å². The second-order valence-electron chi connectivity index (χ2n) is 5.41. The number of aromatic nitrogens is 4. The molecule has 0 saturated heterocycles. The molecule has 1 aromatic heterocycles. The van der Waals surface area contributed by atoms with Gasteiger partial charge in [0.1, 0.15) is 0 Å². The number of nitrogens with one attached hydrogen (secondary N) is 1. The zero-order valence-electron chi connectivity index (χ0n) is 13.9. The molecular formula is C16H13ClN6O3S. The molecule has 0 aliphatic carbocycles. The molecular weight excluding hydrogens is 392 g/mol. The van der Waals surface area contributed by atoms with E-state index < -0.39 is 10.2 Å². The number of hydrogen-bond donors (Lipinski definition) is 1. The van der Waals surface area contributed by atoms with Crippen LogP contribution in [-0.4, -0.2) is 36.3 Å². The number of halogens is 1. The van der Waals surface area contributed by atoms with Crippen LogP contribution in [0.1, 0.15) is 6.92 Å². The third-order valence-corrected chi connectivity index (χ3v) is 4.77. The van der Waals surface area contributed by atoms with Crippen LogP contribution in [0.5, 0.6) is 0 Å². The molecule has 3 aromatic rings. The predicted molar refractivity (Wildman–Crippen MR) is 101 cm³/mol. The predicted octanol–water partition coefficient (Wildman–Crippen LogP) is 3.34. The van der Waals surface area contributed by atoms with Crippen LogP contribution in [-0.2, 0) is 4.79 Å². The number of carbonyl (C=O) groups is 1. The smallest absolute Gasteiger partial charge is 0.271 e. The Kier molecular flexibility index (Phi) is 5.67. The molecule has 27 heavy (non-hydrogen) atoms. The summed E-state index contributed by atoms with van der Waals surface area (Å²) in [5, 5.41) is 25.5. The molecule has 0 aliphatic heterocycles. The van der Waals surface area contributed by atoms with E-state index in [0.717, 1.165) is 11.8 Å². The number of rotatable bonds is 6. The summed E-state index contributed by atoms with van der Waals surface area (Å²) < 4.78 is 1.50. The van der Waals surface area contributed by atoms with Crippen LogP contribution >= 0.6 is 23.4 Å². The number of thioether (sulfide) groups is 1. The number of nitro groups is 1. The van der Waals surface area contributed by atoms with E-state index in [2.05, 4.69) is 20.8 Å². The second kappa shape index (κ2) is 8.14. The minimum Gasteiger partial charge on any atom is -0.325 e. The van der Waals surface area contributed by atoms with Gasteiger partial charge in [-0.05, 0) is 47.7 Å². The number of carbonyl (C=O) groups excluding carboxylic acids is 1. The van der Waals surface area contributed by atoms with Crippen LogP contribution in [0.4, 0.5) is 11.4 Å². The summed E-state index contributed by atoms with van der Waals surface area (Å²) in [6.07, 6.45) is 0. The summed E-state index contributed by atoms with van der Waals surface area (Å²) in [5.41, 5.74) is 0.955. The number of benzene rings is 2. The summed E-state index contributed by atoms with van der Waals surface area (Å²) >= 11 is 7.05. The minimum atomic E-state index is -0.540. The normalized spacial score (nSPS) is 11.8. The Morgan fingerprint density at radius 2 is 2.04 bits per heavy atom. The molecule has 0 fully saturated rings. The summed E-state index contributed by atoms with van der Waals surface area (Å²) in [5.74, 6) is -0.328. The average Bonchev–Trinajstić information content (AvgIpc) is 3.10. The Morgan fingerprint density at radius 1 is 1.30 bits per heavy atom. The number of amides is 1. The first-order valence-electron chi connectivity index (χ1n) is 7.70. The molecule has 0 bridgehead atoms. The largest absolute Gasteiger partial charge is 0.325 e. The Balaban J connectivity index is 1.71. The Labute approximate surface area is 162 Å². The highest BCUT2D eigenvalue weighted by Crippen LogP contribution is 2.25. The summed E-state index contributed by atoms with van der Waals surface area (Å²) in [4.78, 5) is 22.7. The maximum atomic E-state index is 12.4. The average molecular weight is 405 g/mol. The molecule has 0 radical (unpaired) electrons. The molecule has 1 amide bonds. The van der Waals surface area contributed by atoms with Crippen molar-refractivity contribution in [3.05, 3.63) is 63.7 Å². The lowest BCUT2D eigenvalue weighted by atomic mass is 10.2. The quantitative estimate of drug-likeness (QED) is 0.380. The standard InChI is InChI=1S/C16H13ClN6O3S/c1-10(15(24)18-12-3-2-4-14(9-12)23(25)26)27-16-19-20-21-22(16)13-7-5-11(17)6-8-13/h2-10H,1H3,(H,18,24). The van der Waals surface area contributed by atoms with Crippen molar-refractivity contribution in [2.24, 2.45) is 0 Å². The lowest BCUT2D eigenvalue weighted by Gasteiger charge is -2.11. The first kappa shape index (κ1) is 18.8. The third-order valence-electron chi connectivity index (χ3n) is 3.49. The molecule has 2 aromatic carbocycles.